The Morgan fingerprint density at radius 3 is 2.59 bits per heavy atom. The van der Waals surface area contributed by atoms with Crippen LogP contribution in [-0.4, -0.2) is 62.9 Å². The van der Waals surface area contributed by atoms with E-state index in [0.29, 0.717) is 0 Å². The number of benzene rings is 1. The molecule has 0 aliphatic carbocycles. The van der Waals surface area contributed by atoms with Crippen LogP contribution in [0.5, 0.6) is 5.75 Å². The number of nitrogens with zero attached hydrogens (tertiary/aromatic N) is 2. The Morgan fingerprint density at radius 2 is 1.93 bits per heavy atom. The van der Waals surface area contributed by atoms with E-state index in [9.17, 15) is 0 Å². The van der Waals surface area contributed by atoms with Crippen LogP contribution in [0.2, 0.25) is 0 Å². The molecule has 2 aliphatic rings. The summed E-state index contributed by atoms with van der Waals surface area (Å²) in [7, 11) is 6.14. The Morgan fingerprint density at radius 1 is 1.22 bits per heavy atom. The van der Waals surface area contributed by atoms with Crippen molar-refractivity contribution in [3.63, 3.8) is 0 Å². The maximum absolute atomic E-state index is 6.15. The number of hydrogen-bond acceptors (Lipinski definition) is 4. The summed E-state index contributed by atoms with van der Waals surface area (Å²) in [6.45, 7) is 6.74. The van der Waals surface area contributed by atoms with Gasteiger partial charge in [0, 0.05) is 44.3 Å². The Balaban J connectivity index is 1.70. The van der Waals surface area contributed by atoms with Crippen LogP contribution in [0.4, 0.5) is 0 Å². The first-order valence-corrected chi connectivity index (χ1v) is 9.86. The van der Waals surface area contributed by atoms with Crippen LogP contribution in [0.15, 0.2) is 29.3 Å². The number of ether oxygens (including phenoxy) is 2. The van der Waals surface area contributed by atoms with Crippen LogP contribution in [0.3, 0.4) is 0 Å². The molecule has 1 fully saturated rings. The van der Waals surface area contributed by atoms with Crippen molar-refractivity contribution in [2.45, 2.75) is 50.3 Å². The molecule has 1 atom stereocenters. The third-order valence-corrected chi connectivity index (χ3v) is 5.87. The van der Waals surface area contributed by atoms with E-state index in [-0.39, 0.29) is 17.2 Å². The lowest BCUT2D eigenvalue weighted by molar-refractivity contribution is -0.00508. The molecule has 0 amide bonds. The summed E-state index contributed by atoms with van der Waals surface area (Å²) in [5.41, 5.74) is 1.08. The minimum absolute atomic E-state index is 0.0999. The van der Waals surface area contributed by atoms with E-state index >= 15 is 0 Å². The third kappa shape index (κ3) is 4.55. The van der Waals surface area contributed by atoms with Crippen LogP contribution in [0, 0.1) is 0 Å². The van der Waals surface area contributed by atoms with Crippen molar-refractivity contribution in [2.24, 2.45) is 4.99 Å². The lowest BCUT2D eigenvalue weighted by Crippen LogP contribution is -2.57. The molecular weight excluding hydrogens is 340 g/mol. The average Bonchev–Trinajstić information content (AvgIpc) is 2.64. The first-order valence-electron chi connectivity index (χ1n) is 9.86. The number of para-hydroxylation sites is 1. The van der Waals surface area contributed by atoms with Gasteiger partial charge in [0.05, 0.1) is 6.04 Å². The zero-order valence-corrected chi connectivity index (χ0v) is 17.3. The summed E-state index contributed by atoms with van der Waals surface area (Å²) >= 11 is 0. The zero-order chi connectivity index (χ0) is 19.5. The van der Waals surface area contributed by atoms with Crippen molar-refractivity contribution in [1.82, 2.24) is 15.5 Å². The molecule has 0 saturated carbocycles. The minimum Gasteiger partial charge on any atom is -0.487 e. The molecule has 0 radical (unpaired) electrons. The molecule has 0 aromatic heterocycles. The number of guanidine groups is 1. The van der Waals surface area contributed by atoms with Gasteiger partial charge >= 0.3 is 0 Å². The number of hydrogen-bond donors (Lipinski definition) is 2. The highest BCUT2D eigenvalue weighted by Gasteiger charge is 2.36. The molecule has 3 rings (SSSR count). The third-order valence-electron chi connectivity index (χ3n) is 5.87. The van der Waals surface area contributed by atoms with Gasteiger partial charge in [-0.25, -0.2) is 0 Å². The fourth-order valence-electron chi connectivity index (χ4n) is 4.07. The predicted molar refractivity (Wildman–Crippen MR) is 109 cm³/mol. The van der Waals surface area contributed by atoms with Gasteiger partial charge in [0.25, 0.3) is 0 Å². The summed E-state index contributed by atoms with van der Waals surface area (Å²) in [5, 5.41) is 7.19. The summed E-state index contributed by atoms with van der Waals surface area (Å²) < 4.78 is 11.7. The fraction of sp³-hybridized carbons (Fsp3) is 0.667. The number of rotatable bonds is 4. The summed E-state index contributed by atoms with van der Waals surface area (Å²) in [4.78, 5) is 6.80. The second kappa shape index (κ2) is 8.07. The van der Waals surface area contributed by atoms with Gasteiger partial charge in [0.1, 0.15) is 11.4 Å². The molecule has 1 aromatic rings. The van der Waals surface area contributed by atoms with Crippen molar-refractivity contribution < 1.29 is 9.47 Å². The summed E-state index contributed by atoms with van der Waals surface area (Å²) in [6, 6.07) is 8.44. The van der Waals surface area contributed by atoms with Crippen molar-refractivity contribution in [3.05, 3.63) is 29.8 Å². The number of nitrogens with one attached hydrogen (secondary N) is 2. The van der Waals surface area contributed by atoms with E-state index in [4.69, 9.17) is 9.47 Å². The highest BCUT2D eigenvalue weighted by molar-refractivity contribution is 5.80. The highest BCUT2D eigenvalue weighted by Crippen LogP contribution is 2.39. The molecule has 6 nitrogen and oxygen atoms in total. The molecule has 6 heteroatoms. The highest BCUT2D eigenvalue weighted by atomic mass is 16.5. The van der Waals surface area contributed by atoms with Gasteiger partial charge in [0.15, 0.2) is 5.96 Å². The largest absolute Gasteiger partial charge is 0.487 e. The molecule has 1 aromatic carbocycles. The quantitative estimate of drug-likeness (QED) is 0.627. The lowest BCUT2D eigenvalue weighted by atomic mass is 9.88. The predicted octanol–water partition coefficient (Wildman–Crippen LogP) is 2.56. The van der Waals surface area contributed by atoms with Gasteiger partial charge in [-0.2, -0.15) is 0 Å². The average molecular weight is 375 g/mol. The van der Waals surface area contributed by atoms with E-state index in [2.05, 4.69) is 60.6 Å². The van der Waals surface area contributed by atoms with E-state index in [1.54, 1.807) is 0 Å². The Hall–Kier alpha value is -1.79. The second-order valence-corrected chi connectivity index (χ2v) is 8.46. The molecule has 0 spiro atoms. The first kappa shape index (κ1) is 20.0. The van der Waals surface area contributed by atoms with Crippen LogP contribution >= 0.6 is 0 Å². The Kier molecular flexibility index (Phi) is 5.96. The maximum Gasteiger partial charge on any atom is 0.191 e. The van der Waals surface area contributed by atoms with Gasteiger partial charge in [-0.3, -0.25) is 4.99 Å². The summed E-state index contributed by atoms with van der Waals surface area (Å²) in [5.74, 6) is 1.79. The second-order valence-electron chi connectivity index (χ2n) is 8.46. The van der Waals surface area contributed by atoms with Gasteiger partial charge in [0.2, 0.25) is 0 Å². The van der Waals surface area contributed by atoms with Crippen LogP contribution in [0.1, 0.15) is 44.7 Å². The molecular formula is C21H34N4O2. The van der Waals surface area contributed by atoms with Gasteiger partial charge in [-0.1, -0.05) is 18.2 Å². The van der Waals surface area contributed by atoms with Crippen LogP contribution < -0.4 is 15.4 Å². The SMILES string of the molecule is CN=C(NCC1(N(C)C)CCOCC1)NC1CC(C)(C)Oc2ccccc21. The van der Waals surface area contributed by atoms with Crippen molar-refractivity contribution in [2.75, 3.05) is 40.9 Å². The monoisotopic (exact) mass is 374 g/mol. The lowest BCUT2D eigenvalue weighted by Gasteiger charge is -2.43. The zero-order valence-electron chi connectivity index (χ0n) is 17.3. The molecule has 2 N–H and O–H groups in total. The van der Waals surface area contributed by atoms with E-state index in [1.165, 1.54) is 5.56 Å². The topological polar surface area (TPSA) is 58.1 Å². The number of likely N-dealkylation sites (N-methyl/N-ethyl adjacent to an activating group) is 1. The van der Waals surface area contributed by atoms with Gasteiger partial charge in [-0.05, 0) is 46.9 Å². The van der Waals surface area contributed by atoms with E-state index in [0.717, 1.165) is 50.7 Å². The summed E-state index contributed by atoms with van der Waals surface area (Å²) in [6.07, 6.45) is 2.94. The van der Waals surface area contributed by atoms with Gasteiger partial charge < -0.3 is 25.0 Å². The van der Waals surface area contributed by atoms with Crippen LogP contribution in [-0.2, 0) is 4.74 Å². The standard InChI is InChI=1S/C21H34N4O2/c1-20(2)14-17(16-8-6-7-9-18(16)27-20)24-19(22-3)23-15-21(25(4)5)10-12-26-13-11-21/h6-9,17H,10-15H2,1-5H3,(H2,22,23,24). The fourth-order valence-corrected chi connectivity index (χ4v) is 4.07. The minimum atomic E-state index is -0.212. The van der Waals surface area contributed by atoms with E-state index in [1.807, 2.05) is 19.2 Å². The molecule has 0 bridgehead atoms. The molecule has 2 heterocycles. The molecule has 1 saturated heterocycles. The first-order chi connectivity index (χ1) is 12.9. The number of fused-ring (bicyclic) bond motifs is 1. The van der Waals surface area contributed by atoms with Crippen molar-refractivity contribution >= 4 is 5.96 Å². The number of aliphatic imine (C=N–C) groups is 1. The van der Waals surface area contributed by atoms with Crippen molar-refractivity contribution in [3.8, 4) is 5.75 Å². The molecule has 2 aliphatic heterocycles. The Bertz CT molecular complexity index is 666. The smallest absolute Gasteiger partial charge is 0.191 e. The molecule has 1 unspecified atom stereocenters. The van der Waals surface area contributed by atoms with Crippen molar-refractivity contribution in [1.29, 1.82) is 0 Å². The van der Waals surface area contributed by atoms with E-state index < -0.39 is 0 Å². The maximum atomic E-state index is 6.15. The van der Waals surface area contributed by atoms with Gasteiger partial charge in [-0.15, -0.1) is 0 Å². The normalized spacial score (nSPS) is 24.1. The Labute approximate surface area is 163 Å². The van der Waals surface area contributed by atoms with Crippen LogP contribution in [0.25, 0.3) is 0 Å². The molecule has 27 heavy (non-hydrogen) atoms. The molecule has 150 valence electrons.